The molecule has 2 N–H and O–H groups in total. The van der Waals surface area contributed by atoms with Gasteiger partial charge in [0.15, 0.2) is 6.10 Å². The summed E-state index contributed by atoms with van der Waals surface area (Å²) in [5, 5.41) is 22.9. The van der Waals surface area contributed by atoms with Crippen molar-refractivity contribution in [3.63, 3.8) is 0 Å². The number of non-ortho nitro benzene ring substituents is 1. The van der Waals surface area contributed by atoms with Crippen molar-refractivity contribution in [1.29, 1.82) is 0 Å². The number of hydrogen-bond donors (Lipinski definition) is 2. The minimum absolute atomic E-state index is 0.0430. The van der Waals surface area contributed by atoms with Gasteiger partial charge in [0.05, 0.1) is 15.6 Å². The molecule has 0 fully saturated rings. The van der Waals surface area contributed by atoms with Gasteiger partial charge in [-0.3, -0.25) is 14.9 Å². The molecule has 2 aromatic rings. The first-order valence-corrected chi connectivity index (χ1v) is 7.89. The van der Waals surface area contributed by atoms with E-state index in [1.54, 1.807) is 0 Å². The number of nitrogens with one attached hydrogen (secondary N) is 1. The van der Waals surface area contributed by atoms with E-state index in [1.165, 1.54) is 37.3 Å². The Labute approximate surface area is 157 Å². The summed E-state index contributed by atoms with van der Waals surface area (Å²) in [4.78, 5) is 34.2. The van der Waals surface area contributed by atoms with Crippen molar-refractivity contribution in [2.45, 2.75) is 13.0 Å². The van der Waals surface area contributed by atoms with E-state index in [2.05, 4.69) is 5.32 Å². The first-order valence-electron chi connectivity index (χ1n) is 7.13. The first-order chi connectivity index (χ1) is 12.2. The highest BCUT2D eigenvalue weighted by atomic mass is 35.5. The summed E-state index contributed by atoms with van der Waals surface area (Å²) in [6.45, 7) is 1.31. The minimum Gasteiger partial charge on any atom is -0.507 e. The topological polar surface area (TPSA) is 119 Å². The summed E-state index contributed by atoms with van der Waals surface area (Å²) < 4.78 is 4.99. The van der Waals surface area contributed by atoms with E-state index < -0.39 is 22.9 Å². The van der Waals surface area contributed by atoms with Crippen molar-refractivity contribution in [1.82, 2.24) is 0 Å². The molecule has 10 heteroatoms. The lowest BCUT2D eigenvalue weighted by Gasteiger charge is -2.14. The molecule has 0 radical (unpaired) electrons. The number of phenols is 1. The van der Waals surface area contributed by atoms with Crippen molar-refractivity contribution in [3.8, 4) is 5.75 Å². The average Bonchev–Trinajstić information content (AvgIpc) is 2.58. The number of anilines is 1. The molecular weight excluding hydrogens is 387 g/mol. The fraction of sp³-hybridized carbons (Fsp3) is 0.125. The van der Waals surface area contributed by atoms with Crippen LogP contribution in [0.4, 0.5) is 11.4 Å². The number of benzene rings is 2. The Bertz CT molecular complexity index is 887. The molecule has 0 saturated heterocycles. The Morgan fingerprint density at radius 1 is 1.23 bits per heavy atom. The van der Waals surface area contributed by atoms with Gasteiger partial charge in [-0.25, -0.2) is 4.79 Å². The van der Waals surface area contributed by atoms with Crippen LogP contribution >= 0.6 is 23.2 Å². The van der Waals surface area contributed by atoms with Crippen LogP contribution in [0.15, 0.2) is 36.4 Å². The molecule has 0 unspecified atom stereocenters. The third-order valence-electron chi connectivity index (χ3n) is 3.25. The molecule has 0 aliphatic rings. The van der Waals surface area contributed by atoms with Crippen LogP contribution in [0.5, 0.6) is 5.75 Å². The van der Waals surface area contributed by atoms with Crippen LogP contribution in [0.25, 0.3) is 0 Å². The number of halogens is 2. The summed E-state index contributed by atoms with van der Waals surface area (Å²) in [6, 6.07) is 7.33. The zero-order valence-corrected chi connectivity index (χ0v) is 14.7. The van der Waals surface area contributed by atoms with Crippen molar-refractivity contribution >= 4 is 46.5 Å². The molecule has 26 heavy (non-hydrogen) atoms. The number of aromatic hydroxyl groups is 1. The van der Waals surface area contributed by atoms with Crippen LogP contribution in [0.2, 0.25) is 10.0 Å². The molecule has 0 aliphatic carbocycles. The lowest BCUT2D eigenvalue weighted by molar-refractivity contribution is -0.384. The standard InChI is InChI=1S/C16H12Cl2N2O6/c1-8(26-16(23)11-6-9(17)2-5-14(11)21)15(22)19-13-4-3-10(20(24)25)7-12(13)18/h2-8,21H,1H3,(H,19,22)/t8-/m1/s1. The predicted molar refractivity (Wildman–Crippen MR) is 94.7 cm³/mol. The van der Waals surface area contributed by atoms with Gasteiger partial charge in [-0.15, -0.1) is 0 Å². The van der Waals surface area contributed by atoms with E-state index in [1.807, 2.05) is 0 Å². The van der Waals surface area contributed by atoms with Crippen LogP contribution in [0.1, 0.15) is 17.3 Å². The number of amides is 1. The van der Waals surface area contributed by atoms with Crippen molar-refractivity contribution < 1.29 is 24.4 Å². The second-order valence-corrected chi connectivity index (χ2v) is 5.96. The Balaban J connectivity index is 2.07. The molecule has 8 nitrogen and oxygen atoms in total. The number of carbonyl (C=O) groups excluding carboxylic acids is 2. The normalized spacial score (nSPS) is 11.5. The summed E-state index contributed by atoms with van der Waals surface area (Å²) in [5.41, 5.74) is -0.301. The average molecular weight is 399 g/mol. The molecular formula is C16H12Cl2N2O6. The summed E-state index contributed by atoms with van der Waals surface area (Å²) in [7, 11) is 0. The van der Waals surface area contributed by atoms with Crippen LogP contribution < -0.4 is 5.32 Å². The lowest BCUT2D eigenvalue weighted by atomic mass is 10.2. The number of rotatable bonds is 5. The quantitative estimate of drug-likeness (QED) is 0.449. The fourth-order valence-corrected chi connectivity index (χ4v) is 2.30. The molecule has 1 amide bonds. The van der Waals surface area contributed by atoms with E-state index in [-0.39, 0.29) is 32.7 Å². The van der Waals surface area contributed by atoms with Gasteiger partial charge in [-0.1, -0.05) is 23.2 Å². The smallest absolute Gasteiger partial charge is 0.342 e. The Hall–Kier alpha value is -2.84. The van der Waals surface area contributed by atoms with E-state index in [4.69, 9.17) is 27.9 Å². The molecule has 0 saturated carbocycles. The number of esters is 1. The van der Waals surface area contributed by atoms with Gasteiger partial charge in [0, 0.05) is 17.2 Å². The van der Waals surface area contributed by atoms with E-state index in [9.17, 15) is 24.8 Å². The first kappa shape index (κ1) is 19.5. The van der Waals surface area contributed by atoms with Crippen molar-refractivity contribution in [2.75, 3.05) is 5.32 Å². The van der Waals surface area contributed by atoms with Gasteiger partial charge in [-0.05, 0) is 31.2 Å². The Morgan fingerprint density at radius 2 is 1.92 bits per heavy atom. The molecule has 136 valence electrons. The largest absolute Gasteiger partial charge is 0.507 e. The molecule has 0 spiro atoms. The summed E-state index contributed by atoms with van der Waals surface area (Å²) >= 11 is 11.6. The second kappa shape index (κ2) is 8.03. The number of carbonyl (C=O) groups is 2. The highest BCUT2D eigenvalue weighted by Crippen LogP contribution is 2.27. The predicted octanol–water partition coefficient (Wildman–Crippen LogP) is 3.79. The highest BCUT2D eigenvalue weighted by molar-refractivity contribution is 6.34. The van der Waals surface area contributed by atoms with Crippen LogP contribution in [0.3, 0.4) is 0 Å². The number of nitro benzene ring substituents is 1. The molecule has 0 aliphatic heterocycles. The molecule has 2 rings (SSSR count). The third-order valence-corrected chi connectivity index (χ3v) is 3.80. The molecule has 1 atom stereocenters. The van der Waals surface area contributed by atoms with E-state index in [0.717, 1.165) is 6.07 Å². The van der Waals surface area contributed by atoms with Gasteiger partial charge in [0.1, 0.15) is 11.3 Å². The van der Waals surface area contributed by atoms with Gasteiger partial charge in [0.25, 0.3) is 11.6 Å². The molecule has 0 heterocycles. The van der Waals surface area contributed by atoms with E-state index >= 15 is 0 Å². The Kier molecular flexibility index (Phi) is 6.01. The van der Waals surface area contributed by atoms with Gasteiger partial charge in [-0.2, -0.15) is 0 Å². The SMILES string of the molecule is C[C@@H](OC(=O)c1cc(Cl)ccc1O)C(=O)Nc1ccc([N+](=O)[O-])cc1Cl. The number of hydrogen-bond acceptors (Lipinski definition) is 6. The zero-order valence-electron chi connectivity index (χ0n) is 13.2. The van der Waals surface area contributed by atoms with Crippen molar-refractivity contribution in [2.24, 2.45) is 0 Å². The summed E-state index contributed by atoms with van der Waals surface area (Å²) in [6.07, 6.45) is -1.23. The van der Waals surface area contributed by atoms with Gasteiger partial charge < -0.3 is 15.2 Å². The van der Waals surface area contributed by atoms with E-state index in [0.29, 0.717) is 0 Å². The number of nitro groups is 1. The highest BCUT2D eigenvalue weighted by Gasteiger charge is 2.22. The molecule has 0 bridgehead atoms. The van der Waals surface area contributed by atoms with Crippen LogP contribution in [-0.4, -0.2) is 28.0 Å². The van der Waals surface area contributed by atoms with Crippen LogP contribution in [0, 0.1) is 10.1 Å². The molecule has 0 aromatic heterocycles. The zero-order chi connectivity index (χ0) is 19.4. The minimum atomic E-state index is -1.23. The van der Waals surface area contributed by atoms with Crippen LogP contribution in [-0.2, 0) is 9.53 Å². The monoisotopic (exact) mass is 398 g/mol. The summed E-state index contributed by atoms with van der Waals surface area (Å²) in [5.74, 6) is -2.00. The maximum Gasteiger partial charge on any atom is 0.342 e. The second-order valence-electron chi connectivity index (χ2n) is 5.12. The van der Waals surface area contributed by atoms with Gasteiger partial charge >= 0.3 is 5.97 Å². The maximum atomic E-state index is 12.1. The fourth-order valence-electron chi connectivity index (χ4n) is 1.90. The molecule has 2 aromatic carbocycles. The third kappa shape index (κ3) is 4.62. The number of phenolic OH excluding ortho intramolecular Hbond substituents is 1. The maximum absolute atomic E-state index is 12.1. The van der Waals surface area contributed by atoms with Crippen molar-refractivity contribution in [3.05, 3.63) is 62.1 Å². The Morgan fingerprint density at radius 3 is 2.54 bits per heavy atom. The van der Waals surface area contributed by atoms with Gasteiger partial charge in [0.2, 0.25) is 0 Å². The lowest BCUT2D eigenvalue weighted by Crippen LogP contribution is -2.30. The number of nitrogens with zero attached hydrogens (tertiary/aromatic N) is 1. The number of ether oxygens (including phenoxy) is 1.